The van der Waals surface area contributed by atoms with E-state index < -0.39 is 23.0 Å². The lowest BCUT2D eigenvalue weighted by atomic mass is 9.44. The van der Waals surface area contributed by atoms with E-state index in [-0.39, 0.29) is 29.1 Å². The molecule has 0 aromatic carbocycles. The first-order valence-corrected chi connectivity index (χ1v) is 15.9. The molecule has 6 heteroatoms. The number of carbonyl (C=O) groups excluding carboxylic acids is 2. The molecule has 6 rings (SSSR count). The maximum absolute atomic E-state index is 13.6. The molecule has 6 aliphatic rings. The summed E-state index contributed by atoms with van der Waals surface area (Å²) in [4.78, 5) is 29.6. The number of rotatable bonds is 5. The van der Waals surface area contributed by atoms with E-state index in [0.717, 1.165) is 25.2 Å². The average molecular weight is 530 g/mol. The molecule has 206 valence electrons. The van der Waals surface area contributed by atoms with Crippen LogP contribution in [0.4, 0.5) is 0 Å². The maximum Gasteiger partial charge on any atom is 0.316 e. The second-order valence-corrected chi connectivity index (χ2v) is 15.6. The number of nitrogens with zero attached hydrogens (tertiary/aromatic N) is 1. The Bertz CT molecular complexity index is 992. The van der Waals surface area contributed by atoms with Crippen LogP contribution in [0.2, 0.25) is 0 Å². The Morgan fingerprint density at radius 3 is 2.62 bits per heavy atom. The van der Waals surface area contributed by atoms with Crippen LogP contribution in [-0.2, 0) is 14.3 Å². The molecular weight excluding hydrogens is 482 g/mol. The Balaban J connectivity index is 1.23. The topological polar surface area (TPSA) is 66.6 Å². The lowest BCUT2D eigenvalue weighted by Crippen LogP contribution is -2.63. The Kier molecular flexibility index (Phi) is 6.11. The molecule has 13 atom stereocenters. The van der Waals surface area contributed by atoms with Crippen molar-refractivity contribution in [2.75, 3.05) is 12.8 Å². The number of thioether (sulfide) groups is 1. The number of hydrogen-bond acceptors (Lipinski definition) is 6. The number of likely N-dealkylation sites (N-methyl/N-ethyl adjacent to an activating group) is 1. The van der Waals surface area contributed by atoms with Gasteiger partial charge in [0, 0.05) is 40.0 Å². The fourth-order valence-electron chi connectivity index (χ4n) is 10.5. The van der Waals surface area contributed by atoms with Gasteiger partial charge in [-0.15, -0.1) is 18.3 Å². The van der Waals surface area contributed by atoms with Gasteiger partial charge in [0.2, 0.25) is 0 Å². The molecule has 0 radical (unpaired) electrons. The Hall–Kier alpha value is -0.850. The van der Waals surface area contributed by atoms with Crippen molar-refractivity contribution in [2.24, 2.45) is 39.9 Å². The summed E-state index contributed by atoms with van der Waals surface area (Å²) in [7, 11) is 2.27. The minimum absolute atomic E-state index is 0.00327. The highest BCUT2D eigenvalue weighted by Crippen LogP contribution is 2.68. The van der Waals surface area contributed by atoms with Gasteiger partial charge in [-0.05, 0) is 81.6 Å². The number of ketones is 1. The first-order chi connectivity index (χ1) is 17.4. The van der Waals surface area contributed by atoms with Gasteiger partial charge in [0.25, 0.3) is 0 Å². The van der Waals surface area contributed by atoms with Crippen LogP contribution in [0.25, 0.3) is 0 Å². The van der Waals surface area contributed by atoms with E-state index in [2.05, 4.69) is 46.2 Å². The summed E-state index contributed by atoms with van der Waals surface area (Å²) in [5, 5.41) is 12.2. The van der Waals surface area contributed by atoms with Crippen LogP contribution in [0.3, 0.4) is 0 Å². The first-order valence-electron chi connectivity index (χ1n) is 14.8. The number of ether oxygens (including phenoxy) is 1. The lowest BCUT2D eigenvalue weighted by molar-refractivity contribution is -0.205. The molecule has 5 aliphatic carbocycles. The average Bonchev–Trinajstić information content (AvgIpc) is 3.33. The van der Waals surface area contributed by atoms with Crippen molar-refractivity contribution in [3.8, 4) is 0 Å². The summed E-state index contributed by atoms with van der Waals surface area (Å²) in [6.45, 7) is 12.8. The van der Waals surface area contributed by atoms with Gasteiger partial charge in [0.05, 0.1) is 11.9 Å². The third-order valence-corrected chi connectivity index (χ3v) is 14.5. The summed E-state index contributed by atoms with van der Waals surface area (Å²) in [5.74, 6) is 1.43. The molecule has 0 aromatic rings. The number of carbonyl (C=O) groups is 2. The molecule has 0 aromatic heterocycles. The molecule has 1 heterocycles. The number of esters is 1. The monoisotopic (exact) mass is 529 g/mol. The summed E-state index contributed by atoms with van der Waals surface area (Å²) >= 11 is 1.78. The fraction of sp³-hybridized carbons (Fsp3) is 0.871. The van der Waals surface area contributed by atoms with Gasteiger partial charge in [0.1, 0.15) is 11.9 Å². The highest BCUT2D eigenvalue weighted by atomic mass is 32.2. The molecule has 0 amide bonds. The summed E-state index contributed by atoms with van der Waals surface area (Å²) in [5.41, 5.74) is -0.726. The van der Waals surface area contributed by atoms with Gasteiger partial charge in [-0.2, -0.15) is 0 Å². The number of aliphatic hydroxyl groups excluding tert-OH is 1. The van der Waals surface area contributed by atoms with E-state index in [1.807, 2.05) is 6.08 Å². The molecule has 5 unspecified atom stereocenters. The summed E-state index contributed by atoms with van der Waals surface area (Å²) in [6, 6.07) is 0.708. The van der Waals surface area contributed by atoms with Crippen LogP contribution < -0.4 is 0 Å². The standard InChI is InChI=1S/C31H47NO4S/c1-7-28(4)16-24(36-25(34)17-37-21-14-20-9-13-31(20)23(15-21)32(31)6)29(5)18(2)8-11-30(19(3)27(28)35)12-10-22(33)26(29)30/h7,18-21,23-24,26-27,35H,1,8-17H2,2-6H3/t18?,19-,20?,21-,23?,24+,26-,27-,28+,29-,30-,31?,32?/m0/s1. The van der Waals surface area contributed by atoms with Crippen LogP contribution in [0, 0.1) is 39.9 Å². The Labute approximate surface area is 227 Å². The third-order valence-electron chi connectivity index (χ3n) is 13.3. The van der Waals surface area contributed by atoms with E-state index in [1.165, 1.54) is 25.7 Å². The Morgan fingerprint density at radius 1 is 1.22 bits per heavy atom. The van der Waals surface area contributed by atoms with Crippen molar-refractivity contribution in [3.63, 3.8) is 0 Å². The number of Topliss-reactive ketones (excluding diaryl/α,β-unsaturated/α-hetero) is 1. The van der Waals surface area contributed by atoms with E-state index in [4.69, 9.17) is 4.74 Å². The van der Waals surface area contributed by atoms with E-state index in [9.17, 15) is 14.7 Å². The first kappa shape index (κ1) is 26.4. The van der Waals surface area contributed by atoms with Crippen molar-refractivity contribution in [3.05, 3.63) is 12.7 Å². The van der Waals surface area contributed by atoms with Crippen LogP contribution in [0.1, 0.15) is 85.5 Å². The van der Waals surface area contributed by atoms with Gasteiger partial charge in [-0.1, -0.05) is 33.8 Å². The zero-order chi connectivity index (χ0) is 26.5. The van der Waals surface area contributed by atoms with Crippen molar-refractivity contribution < 1.29 is 19.4 Å². The van der Waals surface area contributed by atoms with Crippen molar-refractivity contribution in [2.45, 2.75) is 115 Å². The predicted octanol–water partition coefficient (Wildman–Crippen LogP) is 5.25. The van der Waals surface area contributed by atoms with Crippen molar-refractivity contribution in [1.82, 2.24) is 4.90 Å². The van der Waals surface area contributed by atoms with Crippen LogP contribution in [0.15, 0.2) is 12.7 Å². The van der Waals surface area contributed by atoms with Crippen molar-refractivity contribution >= 4 is 23.5 Å². The molecule has 1 N–H and O–H groups in total. The van der Waals surface area contributed by atoms with Crippen molar-refractivity contribution in [1.29, 1.82) is 0 Å². The SMILES string of the molecule is C=C[C@]1(C)C[C@@H](OC(=O)CS[C@H]2CC3CCC34C(C2)N4C)[C@]2(C)C(C)CC[C@]3(CCC(=O)[C@H]32)[C@@H](C)[C@@H]1O. The van der Waals surface area contributed by atoms with Crippen LogP contribution >= 0.6 is 11.8 Å². The molecule has 5 saturated carbocycles. The van der Waals surface area contributed by atoms with Gasteiger partial charge in [-0.25, -0.2) is 0 Å². The maximum atomic E-state index is 13.6. The second kappa shape index (κ2) is 8.57. The molecule has 37 heavy (non-hydrogen) atoms. The van der Waals surface area contributed by atoms with E-state index in [1.54, 1.807) is 11.8 Å². The van der Waals surface area contributed by atoms with Gasteiger partial charge in [-0.3, -0.25) is 14.5 Å². The molecule has 1 saturated heterocycles. The number of aliphatic hydroxyl groups is 1. The van der Waals surface area contributed by atoms with Gasteiger partial charge in [0.15, 0.2) is 0 Å². The second-order valence-electron chi connectivity index (χ2n) is 14.3. The van der Waals surface area contributed by atoms with E-state index in [0.29, 0.717) is 41.2 Å². The summed E-state index contributed by atoms with van der Waals surface area (Å²) < 4.78 is 6.45. The minimum atomic E-state index is -0.618. The molecule has 2 bridgehead atoms. The van der Waals surface area contributed by atoms with E-state index >= 15 is 0 Å². The largest absolute Gasteiger partial charge is 0.461 e. The molecular formula is C31H47NO4S. The molecule has 5 nitrogen and oxygen atoms in total. The number of hydrogen-bond donors (Lipinski definition) is 1. The lowest BCUT2D eigenvalue weighted by Gasteiger charge is -2.61. The smallest absolute Gasteiger partial charge is 0.316 e. The zero-order valence-corrected chi connectivity index (χ0v) is 24.3. The molecule has 1 spiro atoms. The normalized spacial score (nSPS) is 56.1. The van der Waals surface area contributed by atoms with Crippen LogP contribution in [0.5, 0.6) is 0 Å². The highest BCUT2D eigenvalue weighted by molar-refractivity contribution is 8.00. The fourth-order valence-corrected chi connectivity index (χ4v) is 11.6. The predicted molar refractivity (Wildman–Crippen MR) is 147 cm³/mol. The Morgan fingerprint density at radius 2 is 1.97 bits per heavy atom. The van der Waals surface area contributed by atoms with Gasteiger partial charge < -0.3 is 9.84 Å². The van der Waals surface area contributed by atoms with Gasteiger partial charge >= 0.3 is 5.97 Å². The minimum Gasteiger partial charge on any atom is -0.461 e. The number of likely N-dealkylation sites (tertiary alicyclic amines) is 1. The summed E-state index contributed by atoms with van der Waals surface area (Å²) in [6.07, 6.45) is 9.82. The molecule has 1 aliphatic heterocycles. The zero-order valence-electron chi connectivity index (χ0n) is 23.5. The highest BCUT2D eigenvalue weighted by Gasteiger charge is 2.71. The van der Waals surface area contributed by atoms with Crippen LogP contribution in [-0.4, -0.2) is 63.6 Å². The molecule has 6 fully saturated rings. The third kappa shape index (κ3) is 3.43. The quantitative estimate of drug-likeness (QED) is 0.298.